The average Bonchev–Trinajstić information content (AvgIpc) is 2.71. The quantitative estimate of drug-likeness (QED) is 0.687. The Balaban J connectivity index is 1.83. The largest absolute Gasteiger partial charge is 0.479 e. The lowest BCUT2D eigenvalue weighted by Crippen LogP contribution is -2.17. The maximum absolute atomic E-state index is 12.1. The van der Waals surface area contributed by atoms with E-state index in [2.05, 4.69) is 13.0 Å². The third-order valence-corrected chi connectivity index (χ3v) is 5.16. The first-order chi connectivity index (χ1) is 14.1. The van der Waals surface area contributed by atoms with Gasteiger partial charge in [-0.1, -0.05) is 37.3 Å². The van der Waals surface area contributed by atoms with E-state index in [1.165, 1.54) is 0 Å². The molecule has 0 spiro atoms. The first-order valence-corrected chi connectivity index (χ1v) is 9.52. The Hall–Kier alpha value is -3.65. The number of benzene rings is 2. The molecule has 0 radical (unpaired) electrons. The van der Waals surface area contributed by atoms with Crippen LogP contribution in [0.5, 0.6) is 5.75 Å². The van der Waals surface area contributed by atoms with Crippen LogP contribution in [0, 0.1) is 17.2 Å². The molecule has 144 valence electrons. The number of aromatic nitrogens is 1. The van der Waals surface area contributed by atoms with E-state index in [0.29, 0.717) is 34.6 Å². The van der Waals surface area contributed by atoms with Gasteiger partial charge in [-0.2, -0.15) is 5.26 Å². The summed E-state index contributed by atoms with van der Waals surface area (Å²) in [6, 6.07) is 16.9. The number of ether oxygens (including phenoxy) is 1. The third kappa shape index (κ3) is 3.70. The zero-order valence-corrected chi connectivity index (χ0v) is 16.1. The minimum Gasteiger partial charge on any atom is -0.479 e. The van der Waals surface area contributed by atoms with E-state index in [4.69, 9.17) is 15.0 Å². The summed E-state index contributed by atoms with van der Waals surface area (Å²) >= 11 is 0. The Kier molecular flexibility index (Phi) is 5.01. The molecule has 1 aliphatic carbocycles. The van der Waals surface area contributed by atoms with Crippen molar-refractivity contribution in [3.05, 3.63) is 70.9 Å². The molecule has 4 rings (SSSR count). The zero-order valence-electron chi connectivity index (χ0n) is 16.1. The molecule has 1 N–H and O–H groups in total. The molecule has 0 fully saturated rings. The number of allylic oxidation sites excluding steroid dienone is 1. The van der Waals surface area contributed by atoms with Crippen LogP contribution in [0.2, 0.25) is 0 Å². The highest BCUT2D eigenvalue weighted by Crippen LogP contribution is 2.38. The van der Waals surface area contributed by atoms with Crippen LogP contribution >= 0.6 is 0 Å². The van der Waals surface area contributed by atoms with Gasteiger partial charge < -0.3 is 9.84 Å². The maximum Gasteiger partial charge on any atom is 0.336 e. The number of carboxylic acids is 1. The van der Waals surface area contributed by atoms with Crippen molar-refractivity contribution in [1.29, 1.82) is 5.26 Å². The van der Waals surface area contributed by atoms with Crippen LogP contribution in [0.15, 0.2) is 48.5 Å². The van der Waals surface area contributed by atoms with E-state index in [9.17, 15) is 9.90 Å². The van der Waals surface area contributed by atoms with Gasteiger partial charge in [-0.05, 0) is 59.7 Å². The second-order valence-corrected chi connectivity index (χ2v) is 7.34. The van der Waals surface area contributed by atoms with Gasteiger partial charge in [-0.25, -0.2) is 9.78 Å². The molecule has 5 nitrogen and oxygen atoms in total. The predicted octanol–water partition coefficient (Wildman–Crippen LogP) is 4.96. The molecule has 2 aromatic carbocycles. The standard InChI is InChI=1S/C24H20N2O3/c1-15-12-17(14-16-6-8-18(9-7-16)29-11-10-25)23-20(13-15)22(24(27)28)19-4-2-3-5-21(19)26-23/h2-9,14-15H,11-13H2,1H3,(H,27,28)/b17-14+/t15-/m1/s1. The molecule has 1 atom stereocenters. The molecule has 0 saturated carbocycles. The second-order valence-electron chi connectivity index (χ2n) is 7.34. The van der Waals surface area contributed by atoms with Crippen molar-refractivity contribution in [2.24, 2.45) is 5.92 Å². The predicted molar refractivity (Wildman–Crippen MR) is 112 cm³/mol. The van der Waals surface area contributed by atoms with Gasteiger partial charge in [0.15, 0.2) is 6.61 Å². The van der Waals surface area contributed by atoms with Crippen LogP contribution in [0.4, 0.5) is 0 Å². The molecular weight excluding hydrogens is 364 g/mol. The van der Waals surface area contributed by atoms with Crippen molar-refractivity contribution < 1.29 is 14.6 Å². The molecule has 5 heteroatoms. The van der Waals surface area contributed by atoms with E-state index < -0.39 is 5.97 Å². The van der Waals surface area contributed by atoms with Crippen molar-refractivity contribution in [3.63, 3.8) is 0 Å². The number of hydrogen-bond acceptors (Lipinski definition) is 4. The van der Waals surface area contributed by atoms with Gasteiger partial charge >= 0.3 is 5.97 Å². The lowest BCUT2D eigenvalue weighted by atomic mass is 9.80. The first-order valence-electron chi connectivity index (χ1n) is 9.52. The molecule has 3 aromatic rings. The van der Waals surface area contributed by atoms with Gasteiger partial charge in [0.1, 0.15) is 11.8 Å². The fourth-order valence-electron chi connectivity index (χ4n) is 3.96. The fraction of sp³-hybridized carbons (Fsp3) is 0.208. The van der Waals surface area contributed by atoms with E-state index in [0.717, 1.165) is 28.8 Å². The first kappa shape index (κ1) is 18.7. The minimum absolute atomic E-state index is 0.0142. The van der Waals surface area contributed by atoms with Crippen molar-refractivity contribution in [1.82, 2.24) is 4.98 Å². The lowest BCUT2D eigenvalue weighted by Gasteiger charge is -2.26. The Morgan fingerprint density at radius 3 is 2.72 bits per heavy atom. The van der Waals surface area contributed by atoms with Crippen LogP contribution in [-0.4, -0.2) is 22.7 Å². The molecule has 0 unspecified atom stereocenters. The van der Waals surface area contributed by atoms with E-state index in [-0.39, 0.29) is 6.61 Å². The number of nitrogens with zero attached hydrogens (tertiary/aromatic N) is 2. The molecule has 1 aromatic heterocycles. The SMILES string of the molecule is C[C@@H]1C/C(=C\c2ccc(OCC#N)cc2)c2nc3ccccc3c(C(=O)O)c2C1. The van der Waals surface area contributed by atoms with Crippen LogP contribution in [0.3, 0.4) is 0 Å². The number of pyridine rings is 1. The number of carboxylic acid groups (broad SMARTS) is 1. The molecule has 1 aliphatic rings. The van der Waals surface area contributed by atoms with Crippen LogP contribution in [0.1, 0.15) is 40.5 Å². The number of fused-ring (bicyclic) bond motifs is 2. The molecule has 0 bridgehead atoms. The number of aromatic carboxylic acids is 1. The smallest absolute Gasteiger partial charge is 0.336 e. The number of nitriles is 1. The molecule has 1 heterocycles. The molecule has 0 saturated heterocycles. The van der Waals surface area contributed by atoms with Crippen LogP contribution in [0.25, 0.3) is 22.6 Å². The van der Waals surface area contributed by atoms with Crippen molar-refractivity contribution in [2.45, 2.75) is 19.8 Å². The highest BCUT2D eigenvalue weighted by Gasteiger charge is 2.27. The Morgan fingerprint density at radius 1 is 1.24 bits per heavy atom. The van der Waals surface area contributed by atoms with E-state index in [1.54, 1.807) is 0 Å². The number of para-hydroxylation sites is 1. The minimum atomic E-state index is -0.910. The summed E-state index contributed by atoms with van der Waals surface area (Å²) in [5.74, 6) is 0.0590. The maximum atomic E-state index is 12.1. The molecule has 29 heavy (non-hydrogen) atoms. The van der Waals surface area contributed by atoms with E-state index >= 15 is 0 Å². The van der Waals surface area contributed by atoms with Gasteiger partial charge in [0.2, 0.25) is 0 Å². The number of rotatable bonds is 4. The second kappa shape index (κ2) is 7.76. The van der Waals surface area contributed by atoms with Crippen LogP contribution in [-0.2, 0) is 6.42 Å². The van der Waals surface area contributed by atoms with Crippen LogP contribution < -0.4 is 4.74 Å². The zero-order chi connectivity index (χ0) is 20.4. The van der Waals surface area contributed by atoms with Gasteiger partial charge in [0.05, 0.1) is 16.8 Å². The Labute approximate surface area is 168 Å². The number of carbonyl (C=O) groups is 1. The summed E-state index contributed by atoms with van der Waals surface area (Å²) in [7, 11) is 0. The monoisotopic (exact) mass is 384 g/mol. The van der Waals surface area contributed by atoms with Crippen molar-refractivity contribution in [3.8, 4) is 11.8 Å². The van der Waals surface area contributed by atoms with Gasteiger partial charge in [0.25, 0.3) is 0 Å². The Bertz CT molecular complexity index is 1160. The average molecular weight is 384 g/mol. The van der Waals surface area contributed by atoms with Gasteiger partial charge in [-0.15, -0.1) is 0 Å². The molecule has 0 aliphatic heterocycles. The summed E-state index contributed by atoms with van der Waals surface area (Å²) in [6.45, 7) is 2.15. The lowest BCUT2D eigenvalue weighted by molar-refractivity contribution is 0.0697. The van der Waals surface area contributed by atoms with Crippen molar-refractivity contribution in [2.75, 3.05) is 6.61 Å². The molecular formula is C24H20N2O3. The van der Waals surface area contributed by atoms with E-state index in [1.807, 2.05) is 54.6 Å². The normalized spacial score (nSPS) is 17.0. The highest BCUT2D eigenvalue weighted by molar-refractivity contribution is 6.05. The summed E-state index contributed by atoms with van der Waals surface area (Å²) in [4.78, 5) is 16.9. The highest BCUT2D eigenvalue weighted by atomic mass is 16.5. The fourth-order valence-corrected chi connectivity index (χ4v) is 3.96. The molecule has 0 amide bonds. The number of hydrogen-bond donors (Lipinski definition) is 1. The summed E-state index contributed by atoms with van der Waals surface area (Å²) < 4.78 is 5.30. The van der Waals surface area contributed by atoms with Gasteiger partial charge in [-0.3, -0.25) is 0 Å². The topological polar surface area (TPSA) is 83.2 Å². The summed E-state index contributed by atoms with van der Waals surface area (Å²) in [6.07, 6.45) is 3.60. The summed E-state index contributed by atoms with van der Waals surface area (Å²) in [5.41, 5.74) is 4.68. The van der Waals surface area contributed by atoms with Gasteiger partial charge in [0, 0.05) is 5.39 Å². The third-order valence-electron chi connectivity index (χ3n) is 5.16. The summed E-state index contributed by atoms with van der Waals surface area (Å²) in [5, 5.41) is 19.2. The van der Waals surface area contributed by atoms with Crippen molar-refractivity contribution >= 4 is 28.5 Å². The Morgan fingerprint density at radius 2 is 2.00 bits per heavy atom.